The number of hydrogen-bond donors (Lipinski definition) is 1. The molecule has 0 amide bonds. The van der Waals surface area contributed by atoms with E-state index in [4.69, 9.17) is 16.9 Å². The van der Waals surface area contributed by atoms with Gasteiger partial charge in [-0.2, -0.15) is 5.26 Å². The SMILES string of the molecule is N#CC1=C(Nc2ccccc2Cl)CCC1. The second kappa shape index (κ2) is 4.37. The van der Waals surface area contributed by atoms with E-state index in [-0.39, 0.29) is 0 Å². The highest BCUT2D eigenvalue weighted by atomic mass is 35.5. The highest BCUT2D eigenvalue weighted by molar-refractivity contribution is 6.33. The molecule has 76 valence electrons. The summed E-state index contributed by atoms with van der Waals surface area (Å²) in [4.78, 5) is 0. The molecule has 2 rings (SSSR count). The van der Waals surface area contributed by atoms with Gasteiger partial charge in [-0.1, -0.05) is 23.7 Å². The first-order chi connectivity index (χ1) is 7.31. The van der Waals surface area contributed by atoms with Crippen molar-refractivity contribution in [3.63, 3.8) is 0 Å². The Morgan fingerprint density at radius 2 is 2.07 bits per heavy atom. The number of para-hydroxylation sites is 1. The van der Waals surface area contributed by atoms with Crippen LogP contribution in [0.3, 0.4) is 0 Å². The third kappa shape index (κ3) is 2.14. The minimum Gasteiger partial charge on any atom is -0.357 e. The van der Waals surface area contributed by atoms with E-state index in [1.165, 1.54) is 0 Å². The number of nitrogens with one attached hydrogen (secondary N) is 1. The summed E-state index contributed by atoms with van der Waals surface area (Å²) in [7, 11) is 0. The molecule has 0 aliphatic heterocycles. The molecule has 15 heavy (non-hydrogen) atoms. The molecule has 0 atom stereocenters. The largest absolute Gasteiger partial charge is 0.357 e. The second-order valence-electron chi connectivity index (χ2n) is 3.53. The first-order valence-electron chi connectivity index (χ1n) is 4.95. The van der Waals surface area contributed by atoms with E-state index in [0.717, 1.165) is 36.2 Å². The normalized spacial score (nSPS) is 15.2. The minimum atomic E-state index is 0.689. The third-order valence-corrected chi connectivity index (χ3v) is 2.84. The molecule has 0 aromatic heterocycles. The monoisotopic (exact) mass is 218 g/mol. The number of allylic oxidation sites excluding steroid dienone is 2. The fraction of sp³-hybridized carbons (Fsp3) is 0.250. The Hall–Kier alpha value is -1.46. The van der Waals surface area contributed by atoms with Crippen LogP contribution in [0.5, 0.6) is 0 Å². The van der Waals surface area contributed by atoms with E-state index in [1.807, 2.05) is 24.3 Å². The van der Waals surface area contributed by atoms with Crippen molar-refractivity contribution in [3.8, 4) is 6.07 Å². The van der Waals surface area contributed by atoms with E-state index >= 15 is 0 Å². The fourth-order valence-electron chi connectivity index (χ4n) is 1.73. The lowest BCUT2D eigenvalue weighted by Gasteiger charge is -2.09. The molecule has 0 heterocycles. The smallest absolute Gasteiger partial charge is 0.0965 e. The summed E-state index contributed by atoms with van der Waals surface area (Å²) in [6.07, 6.45) is 2.87. The van der Waals surface area contributed by atoms with Crippen molar-refractivity contribution in [2.75, 3.05) is 5.32 Å². The molecule has 2 nitrogen and oxygen atoms in total. The van der Waals surface area contributed by atoms with Gasteiger partial charge in [-0.15, -0.1) is 0 Å². The Balaban J connectivity index is 2.23. The summed E-state index contributed by atoms with van der Waals surface area (Å²) in [5, 5.41) is 12.8. The van der Waals surface area contributed by atoms with Crippen LogP contribution in [0, 0.1) is 11.3 Å². The summed E-state index contributed by atoms with van der Waals surface area (Å²) in [6.45, 7) is 0. The zero-order valence-corrected chi connectivity index (χ0v) is 9.01. The Morgan fingerprint density at radius 1 is 1.27 bits per heavy atom. The fourth-order valence-corrected chi connectivity index (χ4v) is 1.91. The topological polar surface area (TPSA) is 35.8 Å². The number of benzene rings is 1. The van der Waals surface area contributed by atoms with Gasteiger partial charge in [-0.05, 0) is 31.4 Å². The molecule has 1 aromatic carbocycles. The van der Waals surface area contributed by atoms with Crippen LogP contribution in [0.4, 0.5) is 5.69 Å². The third-order valence-electron chi connectivity index (χ3n) is 2.51. The van der Waals surface area contributed by atoms with Crippen LogP contribution in [0.15, 0.2) is 35.5 Å². The van der Waals surface area contributed by atoms with Crippen molar-refractivity contribution < 1.29 is 0 Å². The summed E-state index contributed by atoms with van der Waals surface area (Å²) in [5.41, 5.74) is 2.75. The van der Waals surface area contributed by atoms with E-state index < -0.39 is 0 Å². The van der Waals surface area contributed by atoms with Crippen molar-refractivity contribution >= 4 is 17.3 Å². The summed E-state index contributed by atoms with van der Waals surface area (Å²) < 4.78 is 0. The lowest BCUT2D eigenvalue weighted by atomic mass is 10.2. The van der Waals surface area contributed by atoms with Crippen LogP contribution >= 0.6 is 11.6 Å². The highest BCUT2D eigenvalue weighted by Gasteiger charge is 2.14. The maximum Gasteiger partial charge on any atom is 0.0965 e. The molecule has 1 aliphatic carbocycles. The molecule has 1 aromatic rings. The molecule has 3 heteroatoms. The van der Waals surface area contributed by atoms with Crippen LogP contribution in [0.1, 0.15) is 19.3 Å². The lowest BCUT2D eigenvalue weighted by molar-refractivity contribution is 0.901. The minimum absolute atomic E-state index is 0.689. The number of anilines is 1. The van der Waals surface area contributed by atoms with E-state index in [0.29, 0.717) is 5.02 Å². The van der Waals surface area contributed by atoms with Gasteiger partial charge in [-0.3, -0.25) is 0 Å². The average Bonchev–Trinajstić information content (AvgIpc) is 2.69. The predicted octanol–water partition coefficient (Wildman–Crippen LogP) is 3.71. The lowest BCUT2D eigenvalue weighted by Crippen LogP contribution is -1.98. The van der Waals surface area contributed by atoms with Gasteiger partial charge in [-0.25, -0.2) is 0 Å². The van der Waals surface area contributed by atoms with Gasteiger partial charge < -0.3 is 5.32 Å². The molecule has 0 bridgehead atoms. The molecule has 0 saturated carbocycles. The van der Waals surface area contributed by atoms with E-state index in [1.54, 1.807) is 0 Å². The first kappa shape index (κ1) is 10.1. The highest BCUT2D eigenvalue weighted by Crippen LogP contribution is 2.29. The number of halogens is 1. The molecular formula is C12H11ClN2. The Labute approximate surface area is 94.2 Å². The van der Waals surface area contributed by atoms with Gasteiger partial charge in [0.2, 0.25) is 0 Å². The van der Waals surface area contributed by atoms with Crippen LogP contribution in [0.2, 0.25) is 5.02 Å². The van der Waals surface area contributed by atoms with E-state index in [2.05, 4.69) is 11.4 Å². The molecule has 0 unspecified atom stereocenters. The van der Waals surface area contributed by atoms with Gasteiger partial charge in [0, 0.05) is 11.3 Å². The van der Waals surface area contributed by atoms with Gasteiger partial charge in [0.25, 0.3) is 0 Å². The van der Waals surface area contributed by atoms with Crippen molar-refractivity contribution in [2.24, 2.45) is 0 Å². The Morgan fingerprint density at radius 3 is 2.80 bits per heavy atom. The summed E-state index contributed by atoms with van der Waals surface area (Å²) >= 11 is 6.03. The van der Waals surface area contributed by atoms with Crippen LogP contribution in [0.25, 0.3) is 0 Å². The number of hydrogen-bond acceptors (Lipinski definition) is 2. The number of nitriles is 1. The number of nitrogens with zero attached hydrogens (tertiary/aromatic N) is 1. The number of rotatable bonds is 2. The summed E-state index contributed by atoms with van der Waals surface area (Å²) in [5.74, 6) is 0. The van der Waals surface area contributed by atoms with Gasteiger partial charge in [0.15, 0.2) is 0 Å². The van der Waals surface area contributed by atoms with Gasteiger partial charge in [0.1, 0.15) is 0 Å². The first-order valence-corrected chi connectivity index (χ1v) is 5.33. The Bertz CT molecular complexity index is 443. The maximum atomic E-state index is 8.90. The zero-order valence-electron chi connectivity index (χ0n) is 8.26. The molecular weight excluding hydrogens is 208 g/mol. The second-order valence-corrected chi connectivity index (χ2v) is 3.93. The maximum absolute atomic E-state index is 8.90. The van der Waals surface area contributed by atoms with Gasteiger partial charge >= 0.3 is 0 Å². The van der Waals surface area contributed by atoms with Crippen LogP contribution < -0.4 is 5.32 Å². The van der Waals surface area contributed by atoms with Gasteiger partial charge in [0.05, 0.1) is 16.8 Å². The van der Waals surface area contributed by atoms with E-state index in [9.17, 15) is 0 Å². The quantitative estimate of drug-likeness (QED) is 0.822. The Kier molecular flexibility index (Phi) is 2.94. The summed E-state index contributed by atoms with van der Waals surface area (Å²) in [6, 6.07) is 9.80. The molecule has 0 fully saturated rings. The average molecular weight is 219 g/mol. The van der Waals surface area contributed by atoms with Crippen molar-refractivity contribution in [2.45, 2.75) is 19.3 Å². The van der Waals surface area contributed by atoms with Crippen molar-refractivity contribution in [1.82, 2.24) is 0 Å². The predicted molar refractivity (Wildman–Crippen MR) is 61.6 cm³/mol. The molecule has 0 radical (unpaired) electrons. The van der Waals surface area contributed by atoms with Crippen LogP contribution in [-0.4, -0.2) is 0 Å². The zero-order chi connectivity index (χ0) is 10.7. The standard InChI is InChI=1S/C12H11ClN2/c13-10-5-1-2-6-12(10)15-11-7-3-4-9(11)8-14/h1-2,5-6,15H,3-4,7H2. The van der Waals surface area contributed by atoms with Crippen LogP contribution in [-0.2, 0) is 0 Å². The molecule has 0 spiro atoms. The molecule has 0 saturated heterocycles. The molecule has 1 aliphatic rings. The van der Waals surface area contributed by atoms with Crippen molar-refractivity contribution in [3.05, 3.63) is 40.6 Å². The van der Waals surface area contributed by atoms with Crippen molar-refractivity contribution in [1.29, 1.82) is 5.26 Å². The molecule has 1 N–H and O–H groups in total.